The Labute approximate surface area is 84.2 Å². The minimum atomic E-state index is -0.340. The van der Waals surface area contributed by atoms with Crippen LogP contribution in [0.2, 0.25) is 0 Å². The maximum absolute atomic E-state index is 11.4. The molecule has 0 amide bonds. The van der Waals surface area contributed by atoms with Crippen molar-refractivity contribution in [1.82, 2.24) is 0 Å². The molecule has 0 aliphatic carbocycles. The molecule has 0 spiro atoms. The van der Waals surface area contributed by atoms with E-state index < -0.39 is 0 Å². The quantitative estimate of drug-likeness (QED) is 0.541. The third-order valence-electron chi connectivity index (χ3n) is 2.12. The van der Waals surface area contributed by atoms with Gasteiger partial charge in [-0.05, 0) is 30.5 Å². The van der Waals surface area contributed by atoms with Crippen LogP contribution in [-0.4, -0.2) is 5.97 Å². The van der Waals surface area contributed by atoms with Gasteiger partial charge < -0.3 is 4.74 Å². The van der Waals surface area contributed by atoms with E-state index in [1.54, 1.807) is 0 Å². The summed E-state index contributed by atoms with van der Waals surface area (Å²) in [5, 5.41) is 0. The van der Waals surface area contributed by atoms with Crippen LogP contribution in [0.4, 0.5) is 0 Å². The van der Waals surface area contributed by atoms with Crippen LogP contribution in [0.3, 0.4) is 0 Å². The minimum absolute atomic E-state index is 0.340. The Morgan fingerprint density at radius 1 is 1.57 bits per heavy atom. The van der Waals surface area contributed by atoms with Gasteiger partial charge in [0.25, 0.3) is 0 Å². The van der Waals surface area contributed by atoms with E-state index >= 15 is 0 Å². The van der Waals surface area contributed by atoms with Crippen LogP contribution >= 0.6 is 0 Å². The molecule has 0 aliphatic heterocycles. The van der Waals surface area contributed by atoms with E-state index in [0.29, 0.717) is 5.56 Å². The zero-order valence-electron chi connectivity index (χ0n) is 8.54. The molecule has 0 saturated carbocycles. The number of hydrogen-bond acceptors (Lipinski definition) is 2. The topological polar surface area (TPSA) is 26.3 Å². The van der Waals surface area contributed by atoms with Crippen molar-refractivity contribution in [2.45, 2.75) is 20.3 Å². The molecule has 0 N–H and O–H groups in total. The largest absolute Gasteiger partial charge is 0.432 e. The number of rotatable bonds is 3. The molecule has 0 saturated heterocycles. The summed E-state index contributed by atoms with van der Waals surface area (Å²) in [5.41, 5.74) is 2.67. The number of ether oxygens (including phenoxy) is 1. The molecule has 1 rings (SSSR count). The Bertz CT molecular complexity index is 353. The summed E-state index contributed by atoms with van der Waals surface area (Å²) < 4.78 is 4.73. The molecule has 0 aliphatic rings. The predicted molar refractivity (Wildman–Crippen MR) is 56.2 cm³/mol. The van der Waals surface area contributed by atoms with Crippen molar-refractivity contribution in [2.75, 3.05) is 0 Å². The predicted octanol–water partition coefficient (Wildman–Crippen LogP) is 2.86. The van der Waals surface area contributed by atoms with Crippen molar-refractivity contribution in [3.63, 3.8) is 0 Å². The van der Waals surface area contributed by atoms with E-state index in [0.717, 1.165) is 23.8 Å². The second-order valence-corrected chi connectivity index (χ2v) is 3.07. The van der Waals surface area contributed by atoms with Gasteiger partial charge >= 0.3 is 5.97 Å². The molecule has 74 valence electrons. The number of carbonyl (C=O) groups excluding carboxylic acids is 1. The Morgan fingerprint density at radius 2 is 2.29 bits per heavy atom. The van der Waals surface area contributed by atoms with Gasteiger partial charge in [0.1, 0.15) is 0 Å². The van der Waals surface area contributed by atoms with Crippen molar-refractivity contribution < 1.29 is 9.53 Å². The van der Waals surface area contributed by atoms with Crippen LogP contribution in [0.1, 0.15) is 28.4 Å². The Kier molecular flexibility index (Phi) is 3.46. The fourth-order valence-corrected chi connectivity index (χ4v) is 1.25. The summed E-state index contributed by atoms with van der Waals surface area (Å²) in [7, 11) is 0. The number of benzene rings is 1. The second kappa shape index (κ2) is 4.61. The lowest BCUT2D eigenvalue weighted by atomic mass is 10.0. The van der Waals surface area contributed by atoms with Gasteiger partial charge in [-0.25, -0.2) is 4.79 Å². The van der Waals surface area contributed by atoms with Crippen molar-refractivity contribution >= 4 is 5.97 Å². The van der Waals surface area contributed by atoms with Gasteiger partial charge in [-0.2, -0.15) is 0 Å². The Balaban J connectivity index is 3.05. The van der Waals surface area contributed by atoms with Crippen molar-refractivity contribution in [3.8, 4) is 0 Å². The highest BCUT2D eigenvalue weighted by atomic mass is 16.5. The highest BCUT2D eigenvalue weighted by Crippen LogP contribution is 2.13. The normalized spacial score (nSPS) is 9.57. The molecule has 0 aromatic heterocycles. The first-order valence-electron chi connectivity index (χ1n) is 4.60. The van der Waals surface area contributed by atoms with Gasteiger partial charge in [-0.1, -0.05) is 25.6 Å². The van der Waals surface area contributed by atoms with Crippen LogP contribution in [0.25, 0.3) is 0 Å². The maximum Gasteiger partial charge on any atom is 0.343 e. The van der Waals surface area contributed by atoms with Gasteiger partial charge in [-0.15, -0.1) is 0 Å². The molecule has 1 aromatic rings. The third kappa shape index (κ3) is 2.22. The smallest absolute Gasteiger partial charge is 0.343 e. The fraction of sp³-hybridized carbons (Fsp3) is 0.250. The van der Waals surface area contributed by atoms with E-state index in [4.69, 9.17) is 4.74 Å². The third-order valence-corrected chi connectivity index (χ3v) is 2.12. The van der Waals surface area contributed by atoms with Crippen LogP contribution in [0, 0.1) is 6.92 Å². The number of aryl methyl sites for hydroxylation is 2. The van der Waals surface area contributed by atoms with Crippen LogP contribution in [-0.2, 0) is 11.2 Å². The summed E-state index contributed by atoms with van der Waals surface area (Å²) in [4.78, 5) is 11.4. The van der Waals surface area contributed by atoms with E-state index in [1.807, 2.05) is 32.0 Å². The Morgan fingerprint density at radius 3 is 2.86 bits per heavy atom. The van der Waals surface area contributed by atoms with Crippen molar-refractivity contribution in [2.24, 2.45) is 0 Å². The average Bonchev–Trinajstić information content (AvgIpc) is 2.19. The van der Waals surface area contributed by atoms with Gasteiger partial charge in [0, 0.05) is 0 Å². The molecular formula is C12H14O2. The molecule has 0 bridgehead atoms. The summed E-state index contributed by atoms with van der Waals surface area (Å²) in [6.07, 6.45) is 2.06. The molecule has 2 heteroatoms. The number of carbonyl (C=O) groups is 1. The van der Waals surface area contributed by atoms with E-state index in [2.05, 4.69) is 6.58 Å². The molecular weight excluding hydrogens is 176 g/mol. The summed E-state index contributed by atoms with van der Waals surface area (Å²) in [6.45, 7) is 7.29. The first-order chi connectivity index (χ1) is 6.69. The molecule has 2 nitrogen and oxygen atoms in total. The SMILES string of the molecule is C=COC(=O)c1cc(CC)ccc1C. The van der Waals surface area contributed by atoms with Gasteiger partial charge in [0.05, 0.1) is 11.8 Å². The highest BCUT2D eigenvalue weighted by molar-refractivity contribution is 5.91. The fourth-order valence-electron chi connectivity index (χ4n) is 1.25. The van der Waals surface area contributed by atoms with Gasteiger partial charge in [0.15, 0.2) is 0 Å². The summed E-state index contributed by atoms with van der Waals surface area (Å²) in [5.74, 6) is -0.340. The molecule has 0 radical (unpaired) electrons. The summed E-state index contributed by atoms with van der Waals surface area (Å²) in [6, 6.07) is 5.81. The van der Waals surface area contributed by atoms with Crippen molar-refractivity contribution in [3.05, 3.63) is 47.7 Å². The van der Waals surface area contributed by atoms with Crippen LogP contribution in [0.15, 0.2) is 31.0 Å². The monoisotopic (exact) mass is 190 g/mol. The Hall–Kier alpha value is -1.57. The lowest BCUT2D eigenvalue weighted by Gasteiger charge is -2.05. The first kappa shape index (κ1) is 10.5. The molecule has 0 unspecified atom stereocenters. The van der Waals surface area contributed by atoms with Gasteiger partial charge in [0.2, 0.25) is 0 Å². The molecule has 1 aromatic carbocycles. The van der Waals surface area contributed by atoms with Gasteiger partial charge in [-0.3, -0.25) is 0 Å². The lowest BCUT2D eigenvalue weighted by Crippen LogP contribution is -2.03. The second-order valence-electron chi connectivity index (χ2n) is 3.07. The van der Waals surface area contributed by atoms with E-state index in [-0.39, 0.29) is 5.97 Å². The zero-order chi connectivity index (χ0) is 10.6. The lowest BCUT2D eigenvalue weighted by molar-refractivity contribution is 0.0663. The number of hydrogen-bond donors (Lipinski definition) is 0. The minimum Gasteiger partial charge on any atom is -0.432 e. The maximum atomic E-state index is 11.4. The first-order valence-corrected chi connectivity index (χ1v) is 4.60. The van der Waals surface area contributed by atoms with E-state index in [1.165, 1.54) is 0 Å². The molecule has 0 heterocycles. The molecule has 0 fully saturated rings. The summed E-state index contributed by atoms with van der Waals surface area (Å²) >= 11 is 0. The average molecular weight is 190 g/mol. The van der Waals surface area contributed by atoms with Crippen LogP contribution < -0.4 is 0 Å². The van der Waals surface area contributed by atoms with E-state index in [9.17, 15) is 4.79 Å². The highest BCUT2D eigenvalue weighted by Gasteiger charge is 2.09. The number of esters is 1. The van der Waals surface area contributed by atoms with Crippen LogP contribution in [0.5, 0.6) is 0 Å². The molecule has 0 atom stereocenters. The molecule has 14 heavy (non-hydrogen) atoms. The van der Waals surface area contributed by atoms with Crippen molar-refractivity contribution in [1.29, 1.82) is 0 Å². The zero-order valence-corrected chi connectivity index (χ0v) is 8.54. The standard InChI is InChI=1S/C12H14O2/c1-4-10-7-6-9(3)11(8-10)12(13)14-5-2/h5-8H,2,4H2,1,3H3.